The van der Waals surface area contributed by atoms with Crippen molar-refractivity contribution in [2.45, 2.75) is 83.9 Å². The first-order valence-electron chi connectivity index (χ1n) is 10.5. The van der Waals surface area contributed by atoms with E-state index in [2.05, 4.69) is 6.58 Å². The lowest BCUT2D eigenvalue weighted by atomic mass is 9.38. The fourth-order valence-electron chi connectivity index (χ4n) is 8.18. The van der Waals surface area contributed by atoms with Crippen molar-refractivity contribution in [3.05, 3.63) is 12.2 Å². The highest BCUT2D eigenvalue weighted by atomic mass is 16.5. The molecule has 1 spiro atoms. The monoisotopic (exact) mass is 394 g/mol. The zero-order chi connectivity index (χ0) is 20.8. The van der Waals surface area contributed by atoms with Gasteiger partial charge >= 0.3 is 5.97 Å². The van der Waals surface area contributed by atoms with Gasteiger partial charge in [-0.15, -0.1) is 0 Å². The second kappa shape index (κ2) is 6.03. The van der Waals surface area contributed by atoms with Crippen LogP contribution < -0.4 is 0 Å². The Bertz CT molecular complexity index is 703. The van der Waals surface area contributed by atoms with Crippen molar-refractivity contribution in [1.29, 1.82) is 0 Å². The highest BCUT2D eigenvalue weighted by Crippen LogP contribution is 2.72. The molecule has 0 radical (unpaired) electrons. The predicted octanol–water partition coefficient (Wildman–Crippen LogP) is 1.40. The molecule has 158 valence electrons. The van der Waals surface area contributed by atoms with Gasteiger partial charge in [0.1, 0.15) is 6.10 Å². The number of hydrogen-bond donors (Lipinski definition) is 4. The molecule has 0 aromatic carbocycles. The average Bonchev–Trinajstić information content (AvgIpc) is 2.73. The van der Waals surface area contributed by atoms with Gasteiger partial charge in [-0.3, -0.25) is 4.79 Å². The van der Waals surface area contributed by atoms with Crippen molar-refractivity contribution in [2.75, 3.05) is 0 Å². The number of ether oxygens (including phenoxy) is 1. The fraction of sp³-hybridized carbons (Fsp3) is 0.864. The predicted molar refractivity (Wildman–Crippen MR) is 102 cm³/mol. The van der Waals surface area contributed by atoms with E-state index in [9.17, 15) is 25.2 Å². The summed E-state index contributed by atoms with van der Waals surface area (Å²) in [6, 6.07) is 0. The molecule has 6 heteroatoms. The number of aliphatic hydroxyl groups excluding tert-OH is 4. The molecule has 0 aliphatic heterocycles. The summed E-state index contributed by atoms with van der Waals surface area (Å²) in [4.78, 5) is 11.6. The van der Waals surface area contributed by atoms with Crippen LogP contribution in [0.4, 0.5) is 0 Å². The summed E-state index contributed by atoms with van der Waals surface area (Å²) in [5.41, 5.74) is -1.32. The van der Waals surface area contributed by atoms with Gasteiger partial charge in [-0.05, 0) is 30.8 Å². The summed E-state index contributed by atoms with van der Waals surface area (Å²) in [6.07, 6.45) is -1.79. The molecule has 0 aromatic heterocycles. The Hall–Kier alpha value is -0.950. The molecule has 4 saturated carbocycles. The summed E-state index contributed by atoms with van der Waals surface area (Å²) < 4.78 is 5.54. The maximum atomic E-state index is 11.6. The van der Waals surface area contributed by atoms with Crippen LogP contribution in [0.2, 0.25) is 0 Å². The molecular weight excluding hydrogens is 360 g/mol. The zero-order valence-electron chi connectivity index (χ0n) is 17.3. The first kappa shape index (κ1) is 20.3. The molecule has 4 aliphatic rings. The third-order valence-corrected chi connectivity index (χ3v) is 8.99. The Morgan fingerprint density at radius 1 is 1.04 bits per heavy atom. The van der Waals surface area contributed by atoms with Gasteiger partial charge in [0.2, 0.25) is 0 Å². The Balaban J connectivity index is 1.84. The van der Waals surface area contributed by atoms with Crippen molar-refractivity contribution in [2.24, 2.45) is 34.0 Å². The van der Waals surface area contributed by atoms with E-state index in [1.807, 2.05) is 20.8 Å². The van der Waals surface area contributed by atoms with E-state index in [-0.39, 0.29) is 24.2 Å². The van der Waals surface area contributed by atoms with Crippen molar-refractivity contribution in [1.82, 2.24) is 0 Å². The largest absolute Gasteiger partial charge is 0.462 e. The smallest absolute Gasteiger partial charge is 0.302 e. The highest BCUT2D eigenvalue weighted by Gasteiger charge is 2.74. The van der Waals surface area contributed by atoms with Gasteiger partial charge in [0.15, 0.2) is 0 Å². The van der Waals surface area contributed by atoms with E-state index in [1.54, 1.807) is 0 Å². The molecule has 0 saturated heterocycles. The second-order valence-electron chi connectivity index (χ2n) is 10.7. The molecule has 0 amide bonds. The molecule has 6 nitrogen and oxygen atoms in total. The molecule has 4 aliphatic carbocycles. The van der Waals surface area contributed by atoms with Crippen LogP contribution in [-0.2, 0) is 9.53 Å². The quantitative estimate of drug-likeness (QED) is 0.396. The minimum atomic E-state index is -0.862. The van der Waals surface area contributed by atoms with Gasteiger partial charge in [-0.25, -0.2) is 0 Å². The topological polar surface area (TPSA) is 107 Å². The number of aliphatic hydroxyl groups is 4. The van der Waals surface area contributed by atoms with Gasteiger partial charge in [0, 0.05) is 41.4 Å². The van der Waals surface area contributed by atoms with E-state index in [0.29, 0.717) is 19.3 Å². The van der Waals surface area contributed by atoms with E-state index in [4.69, 9.17) is 4.74 Å². The first-order valence-corrected chi connectivity index (χ1v) is 10.5. The lowest BCUT2D eigenvalue weighted by Crippen LogP contribution is -2.72. The minimum absolute atomic E-state index is 0.0520. The Labute approximate surface area is 166 Å². The third kappa shape index (κ3) is 2.32. The van der Waals surface area contributed by atoms with Crippen molar-refractivity contribution in [3.63, 3.8) is 0 Å². The standard InChI is InChI=1S/C22H34O6/c1-10-12-6-13(24)18-21(5)15(26)7-16(28-11(2)23)20(3,4)17(21)14(25)9-22(18,8-12)19(10)27/h12-19,24-27H,1,6-9H2,2-5H3/t12-,13+,14+,15+,16+,17-,18+,19-,21-,22+/m1/s1. The Morgan fingerprint density at radius 2 is 1.68 bits per heavy atom. The molecule has 4 rings (SSSR count). The lowest BCUT2D eigenvalue weighted by molar-refractivity contribution is -0.289. The van der Waals surface area contributed by atoms with Crippen LogP contribution >= 0.6 is 0 Å². The molecule has 0 unspecified atom stereocenters. The molecular formula is C22H34O6. The number of rotatable bonds is 1. The van der Waals surface area contributed by atoms with E-state index >= 15 is 0 Å². The SMILES string of the molecule is C=C1[C@@H]2C[C@H](O)[C@@H]3[C@](C2)(C[C@H](O)[C@@H]2C(C)(C)[C@@H](OC(C)=O)C[C@H](O)[C@]23C)[C@@H]1O. The maximum Gasteiger partial charge on any atom is 0.302 e. The summed E-state index contributed by atoms with van der Waals surface area (Å²) in [5.74, 6) is -1.09. The first-order chi connectivity index (χ1) is 12.9. The Morgan fingerprint density at radius 3 is 2.29 bits per heavy atom. The molecule has 28 heavy (non-hydrogen) atoms. The van der Waals surface area contributed by atoms with Crippen LogP contribution in [-0.4, -0.2) is 56.9 Å². The van der Waals surface area contributed by atoms with Gasteiger partial charge in [0.05, 0.1) is 24.4 Å². The Kier molecular flexibility index (Phi) is 4.38. The van der Waals surface area contributed by atoms with Crippen LogP contribution in [0.15, 0.2) is 12.2 Å². The third-order valence-electron chi connectivity index (χ3n) is 8.99. The number of carbonyl (C=O) groups excluding carboxylic acids is 1. The van der Waals surface area contributed by atoms with Gasteiger partial charge in [-0.1, -0.05) is 27.4 Å². The molecule has 4 N–H and O–H groups in total. The molecule has 2 bridgehead atoms. The van der Waals surface area contributed by atoms with E-state index in [1.165, 1.54) is 6.92 Å². The summed E-state index contributed by atoms with van der Waals surface area (Å²) in [5, 5.41) is 44.9. The van der Waals surface area contributed by atoms with E-state index < -0.39 is 52.7 Å². The number of hydrogen-bond acceptors (Lipinski definition) is 6. The number of carbonyl (C=O) groups is 1. The minimum Gasteiger partial charge on any atom is -0.462 e. The summed E-state index contributed by atoms with van der Waals surface area (Å²) in [6.45, 7) is 11.3. The van der Waals surface area contributed by atoms with Crippen LogP contribution in [0.1, 0.15) is 53.4 Å². The van der Waals surface area contributed by atoms with Crippen molar-refractivity contribution in [3.8, 4) is 0 Å². The fourth-order valence-corrected chi connectivity index (χ4v) is 8.18. The second-order valence-corrected chi connectivity index (χ2v) is 10.7. The van der Waals surface area contributed by atoms with Crippen molar-refractivity contribution < 1.29 is 30.0 Å². The number of esters is 1. The summed E-state index contributed by atoms with van der Waals surface area (Å²) >= 11 is 0. The van der Waals surface area contributed by atoms with Crippen LogP contribution in [0.25, 0.3) is 0 Å². The summed E-state index contributed by atoms with van der Waals surface area (Å²) in [7, 11) is 0. The highest BCUT2D eigenvalue weighted by molar-refractivity contribution is 5.66. The van der Waals surface area contributed by atoms with Crippen LogP contribution in [0, 0.1) is 34.0 Å². The normalized spacial score (nSPS) is 54.6. The van der Waals surface area contributed by atoms with Gasteiger partial charge in [0.25, 0.3) is 0 Å². The lowest BCUT2D eigenvalue weighted by Gasteiger charge is -2.68. The molecule has 10 atom stereocenters. The van der Waals surface area contributed by atoms with Crippen LogP contribution in [0.5, 0.6) is 0 Å². The van der Waals surface area contributed by atoms with Gasteiger partial charge < -0.3 is 25.2 Å². The molecule has 4 fully saturated rings. The average molecular weight is 395 g/mol. The molecule has 0 heterocycles. The number of fused-ring (bicyclic) bond motifs is 3. The van der Waals surface area contributed by atoms with Crippen molar-refractivity contribution >= 4 is 5.97 Å². The van der Waals surface area contributed by atoms with Gasteiger partial charge in [-0.2, -0.15) is 0 Å². The van der Waals surface area contributed by atoms with E-state index in [0.717, 1.165) is 5.57 Å². The molecule has 0 aromatic rings. The zero-order valence-corrected chi connectivity index (χ0v) is 17.3. The van der Waals surface area contributed by atoms with Crippen LogP contribution in [0.3, 0.4) is 0 Å². The maximum absolute atomic E-state index is 11.6.